The summed E-state index contributed by atoms with van der Waals surface area (Å²) in [6.07, 6.45) is 3.48. The standard InChI is InChI=1S/C13H29N3O/c1-4-12-10-16(9-8-15(12)2)13(11-17-3)6-5-7-14/h12-13H,4-11,14H2,1-3H3. The lowest BCUT2D eigenvalue weighted by Crippen LogP contribution is -2.55. The Kier molecular flexibility index (Phi) is 7.04. The number of piperazine rings is 1. The number of nitrogens with zero attached hydrogens (tertiary/aromatic N) is 2. The van der Waals surface area contributed by atoms with Gasteiger partial charge in [-0.3, -0.25) is 4.90 Å². The Balaban J connectivity index is 2.49. The van der Waals surface area contributed by atoms with Gasteiger partial charge in [0, 0.05) is 38.8 Å². The highest BCUT2D eigenvalue weighted by Gasteiger charge is 2.27. The van der Waals surface area contributed by atoms with Crippen molar-refractivity contribution in [2.75, 3.05) is 46.9 Å². The fraction of sp³-hybridized carbons (Fsp3) is 1.00. The normalized spacial score (nSPS) is 25.1. The Morgan fingerprint density at radius 1 is 1.41 bits per heavy atom. The summed E-state index contributed by atoms with van der Waals surface area (Å²) in [6.45, 7) is 7.39. The van der Waals surface area contributed by atoms with Crippen molar-refractivity contribution in [3.63, 3.8) is 0 Å². The minimum atomic E-state index is 0.548. The quantitative estimate of drug-likeness (QED) is 0.717. The lowest BCUT2D eigenvalue weighted by molar-refractivity contribution is 0.0248. The monoisotopic (exact) mass is 243 g/mol. The molecule has 1 heterocycles. The molecule has 0 aromatic rings. The molecule has 0 aromatic carbocycles. The van der Waals surface area contributed by atoms with Gasteiger partial charge in [-0.05, 0) is 32.9 Å². The summed E-state index contributed by atoms with van der Waals surface area (Å²) in [4.78, 5) is 5.07. The SMILES string of the molecule is CCC1CN(C(CCCN)COC)CCN1C. The first-order valence-corrected chi connectivity index (χ1v) is 6.86. The molecule has 1 aliphatic rings. The third-order valence-corrected chi connectivity index (χ3v) is 3.90. The Morgan fingerprint density at radius 3 is 2.76 bits per heavy atom. The van der Waals surface area contributed by atoms with Crippen LogP contribution in [0.4, 0.5) is 0 Å². The van der Waals surface area contributed by atoms with Crippen LogP contribution in [0.2, 0.25) is 0 Å². The van der Waals surface area contributed by atoms with Crippen LogP contribution in [0.3, 0.4) is 0 Å². The molecule has 0 spiro atoms. The minimum absolute atomic E-state index is 0.548. The van der Waals surface area contributed by atoms with Crippen LogP contribution in [0.15, 0.2) is 0 Å². The van der Waals surface area contributed by atoms with Crippen LogP contribution in [-0.2, 0) is 4.74 Å². The highest BCUT2D eigenvalue weighted by Crippen LogP contribution is 2.16. The van der Waals surface area contributed by atoms with Gasteiger partial charge < -0.3 is 15.4 Å². The van der Waals surface area contributed by atoms with Gasteiger partial charge >= 0.3 is 0 Å². The van der Waals surface area contributed by atoms with E-state index in [1.807, 2.05) is 0 Å². The van der Waals surface area contributed by atoms with Crippen molar-refractivity contribution < 1.29 is 4.74 Å². The van der Waals surface area contributed by atoms with E-state index in [4.69, 9.17) is 10.5 Å². The van der Waals surface area contributed by atoms with Gasteiger partial charge in [-0.25, -0.2) is 0 Å². The Bertz CT molecular complexity index is 201. The fourth-order valence-electron chi connectivity index (χ4n) is 2.66. The topological polar surface area (TPSA) is 41.7 Å². The average Bonchev–Trinajstić information content (AvgIpc) is 2.35. The van der Waals surface area contributed by atoms with Crippen molar-refractivity contribution in [1.29, 1.82) is 0 Å². The van der Waals surface area contributed by atoms with Gasteiger partial charge in [0.15, 0.2) is 0 Å². The van der Waals surface area contributed by atoms with Crippen LogP contribution in [-0.4, -0.2) is 68.8 Å². The van der Waals surface area contributed by atoms with E-state index in [9.17, 15) is 0 Å². The Labute approximate surface area is 106 Å². The van der Waals surface area contributed by atoms with E-state index in [1.54, 1.807) is 7.11 Å². The van der Waals surface area contributed by atoms with Crippen LogP contribution in [0.5, 0.6) is 0 Å². The number of likely N-dealkylation sites (N-methyl/N-ethyl adjacent to an activating group) is 1. The number of hydrogen-bond acceptors (Lipinski definition) is 4. The number of methoxy groups -OCH3 is 1. The zero-order valence-corrected chi connectivity index (χ0v) is 11.7. The maximum atomic E-state index is 5.61. The third kappa shape index (κ3) is 4.54. The molecular formula is C13H29N3O. The maximum Gasteiger partial charge on any atom is 0.0618 e. The lowest BCUT2D eigenvalue weighted by atomic mass is 10.1. The summed E-state index contributed by atoms with van der Waals surface area (Å²) < 4.78 is 5.35. The highest BCUT2D eigenvalue weighted by molar-refractivity contribution is 4.83. The second-order valence-corrected chi connectivity index (χ2v) is 5.08. The molecular weight excluding hydrogens is 214 g/mol. The van der Waals surface area contributed by atoms with Crippen molar-refractivity contribution in [1.82, 2.24) is 9.80 Å². The molecule has 1 rings (SSSR count). The molecule has 1 fully saturated rings. The van der Waals surface area contributed by atoms with Crippen molar-refractivity contribution >= 4 is 0 Å². The number of nitrogens with two attached hydrogens (primary N) is 1. The van der Waals surface area contributed by atoms with Crippen LogP contribution in [0, 0.1) is 0 Å². The molecule has 2 unspecified atom stereocenters. The lowest BCUT2D eigenvalue weighted by Gasteiger charge is -2.42. The third-order valence-electron chi connectivity index (χ3n) is 3.90. The molecule has 0 amide bonds. The van der Waals surface area contributed by atoms with Crippen LogP contribution in [0.1, 0.15) is 26.2 Å². The van der Waals surface area contributed by atoms with E-state index in [1.165, 1.54) is 19.5 Å². The molecule has 17 heavy (non-hydrogen) atoms. The minimum Gasteiger partial charge on any atom is -0.383 e. The molecule has 2 N–H and O–H groups in total. The van der Waals surface area contributed by atoms with Gasteiger partial charge in [-0.1, -0.05) is 6.92 Å². The van der Waals surface area contributed by atoms with E-state index in [-0.39, 0.29) is 0 Å². The van der Waals surface area contributed by atoms with Crippen molar-refractivity contribution in [3.8, 4) is 0 Å². The zero-order chi connectivity index (χ0) is 12.7. The van der Waals surface area contributed by atoms with Crippen molar-refractivity contribution in [3.05, 3.63) is 0 Å². The van der Waals surface area contributed by atoms with Crippen LogP contribution < -0.4 is 5.73 Å². The first-order valence-electron chi connectivity index (χ1n) is 6.86. The van der Waals surface area contributed by atoms with Crippen molar-refractivity contribution in [2.45, 2.75) is 38.3 Å². The van der Waals surface area contributed by atoms with Gasteiger partial charge in [0.05, 0.1) is 6.61 Å². The molecule has 1 aliphatic heterocycles. The molecule has 102 valence electrons. The molecule has 0 radical (unpaired) electrons. The van der Waals surface area contributed by atoms with Gasteiger partial charge in [0.1, 0.15) is 0 Å². The molecule has 2 atom stereocenters. The second-order valence-electron chi connectivity index (χ2n) is 5.08. The predicted molar refractivity (Wildman–Crippen MR) is 72.2 cm³/mol. The number of rotatable bonds is 7. The number of ether oxygens (including phenoxy) is 1. The van der Waals surface area contributed by atoms with Gasteiger partial charge in [-0.15, -0.1) is 0 Å². The molecule has 0 aromatic heterocycles. The summed E-state index contributed by atoms with van der Waals surface area (Å²) in [5.41, 5.74) is 5.61. The fourth-order valence-corrected chi connectivity index (χ4v) is 2.66. The van der Waals surface area contributed by atoms with E-state index in [2.05, 4.69) is 23.8 Å². The summed E-state index contributed by atoms with van der Waals surface area (Å²) in [7, 11) is 4.03. The first kappa shape index (κ1) is 14.9. The first-order chi connectivity index (χ1) is 8.22. The summed E-state index contributed by atoms with van der Waals surface area (Å²) >= 11 is 0. The molecule has 4 heteroatoms. The summed E-state index contributed by atoms with van der Waals surface area (Å²) in [5.74, 6) is 0. The van der Waals surface area contributed by atoms with E-state index in [0.29, 0.717) is 12.1 Å². The molecule has 1 saturated heterocycles. The van der Waals surface area contributed by atoms with E-state index in [0.717, 1.165) is 32.5 Å². The number of hydrogen-bond donors (Lipinski definition) is 1. The average molecular weight is 243 g/mol. The zero-order valence-electron chi connectivity index (χ0n) is 11.7. The van der Waals surface area contributed by atoms with E-state index >= 15 is 0 Å². The molecule has 0 bridgehead atoms. The van der Waals surface area contributed by atoms with Gasteiger partial charge in [0.2, 0.25) is 0 Å². The molecule has 0 saturated carbocycles. The predicted octanol–water partition coefficient (Wildman–Crippen LogP) is 0.766. The van der Waals surface area contributed by atoms with Gasteiger partial charge in [-0.2, -0.15) is 0 Å². The smallest absolute Gasteiger partial charge is 0.0618 e. The Hall–Kier alpha value is -0.160. The van der Waals surface area contributed by atoms with E-state index < -0.39 is 0 Å². The van der Waals surface area contributed by atoms with Crippen molar-refractivity contribution in [2.24, 2.45) is 5.73 Å². The van der Waals surface area contributed by atoms with Crippen LogP contribution >= 0.6 is 0 Å². The van der Waals surface area contributed by atoms with Gasteiger partial charge in [0.25, 0.3) is 0 Å². The highest BCUT2D eigenvalue weighted by atomic mass is 16.5. The maximum absolute atomic E-state index is 5.61. The largest absolute Gasteiger partial charge is 0.383 e. The summed E-state index contributed by atoms with van der Waals surface area (Å²) in [6, 6.07) is 1.24. The molecule has 4 nitrogen and oxygen atoms in total. The molecule has 0 aliphatic carbocycles. The second kappa shape index (κ2) is 8.03. The Morgan fingerprint density at radius 2 is 2.18 bits per heavy atom. The summed E-state index contributed by atoms with van der Waals surface area (Å²) in [5, 5.41) is 0. The van der Waals surface area contributed by atoms with Crippen LogP contribution in [0.25, 0.3) is 0 Å².